The summed E-state index contributed by atoms with van der Waals surface area (Å²) in [5, 5.41) is 11.4. The lowest BCUT2D eigenvalue weighted by atomic mass is 10.1. The molecule has 0 unspecified atom stereocenters. The minimum Gasteiger partial charge on any atom is -0.480 e. The van der Waals surface area contributed by atoms with Crippen LogP contribution in [-0.2, 0) is 25.5 Å². The van der Waals surface area contributed by atoms with E-state index in [1.54, 1.807) is 0 Å². The third-order valence-corrected chi connectivity index (χ3v) is 2.60. The molecule has 1 amide bonds. The van der Waals surface area contributed by atoms with Crippen LogP contribution in [0.1, 0.15) is 18.9 Å². The minimum absolute atomic E-state index is 0.269. The first kappa shape index (κ1) is 15.7. The lowest BCUT2D eigenvalue weighted by Crippen LogP contribution is -2.42. The van der Waals surface area contributed by atoms with Gasteiger partial charge in [0, 0.05) is 6.92 Å². The van der Waals surface area contributed by atoms with Crippen LogP contribution in [0.15, 0.2) is 30.3 Å². The van der Waals surface area contributed by atoms with Crippen LogP contribution in [0.25, 0.3) is 0 Å². The van der Waals surface area contributed by atoms with Crippen molar-refractivity contribution in [2.75, 3.05) is 6.61 Å². The Kier molecular flexibility index (Phi) is 6.22. The Morgan fingerprint density at radius 1 is 1.25 bits per heavy atom. The number of aliphatic carboxylic acids is 1. The van der Waals surface area contributed by atoms with Crippen LogP contribution in [0.3, 0.4) is 0 Å². The summed E-state index contributed by atoms with van der Waals surface area (Å²) >= 11 is 0. The third-order valence-electron chi connectivity index (χ3n) is 2.60. The number of carbonyl (C=O) groups is 3. The topological polar surface area (TPSA) is 92.7 Å². The van der Waals surface area contributed by atoms with E-state index in [1.165, 1.54) is 6.92 Å². The number of carboxylic acids is 1. The van der Waals surface area contributed by atoms with Crippen molar-refractivity contribution in [3.63, 3.8) is 0 Å². The van der Waals surface area contributed by atoms with E-state index in [4.69, 9.17) is 5.11 Å². The molecule has 0 bridgehead atoms. The van der Waals surface area contributed by atoms with Gasteiger partial charge in [0.1, 0.15) is 6.04 Å². The number of carbonyl (C=O) groups excluding carboxylic acids is 2. The van der Waals surface area contributed by atoms with Gasteiger partial charge in [-0.25, -0.2) is 4.79 Å². The number of esters is 1. The van der Waals surface area contributed by atoms with Crippen LogP contribution in [-0.4, -0.2) is 35.6 Å². The monoisotopic (exact) mass is 279 g/mol. The van der Waals surface area contributed by atoms with Crippen LogP contribution in [0.5, 0.6) is 0 Å². The van der Waals surface area contributed by atoms with Gasteiger partial charge in [-0.1, -0.05) is 30.3 Å². The molecule has 0 aliphatic carbocycles. The predicted octanol–water partition coefficient (Wildman–Crippen LogP) is 0.752. The molecule has 0 aliphatic rings. The van der Waals surface area contributed by atoms with Gasteiger partial charge in [-0.15, -0.1) is 0 Å². The Morgan fingerprint density at radius 2 is 1.90 bits per heavy atom. The number of benzene rings is 1. The van der Waals surface area contributed by atoms with Crippen LogP contribution in [0, 0.1) is 0 Å². The first-order chi connectivity index (χ1) is 9.49. The molecule has 6 nitrogen and oxygen atoms in total. The van der Waals surface area contributed by atoms with Crippen molar-refractivity contribution in [2.24, 2.45) is 0 Å². The Labute approximate surface area is 116 Å². The molecule has 0 spiro atoms. The maximum atomic E-state index is 11.4. The number of aryl methyl sites for hydroxylation is 1. The van der Waals surface area contributed by atoms with Crippen molar-refractivity contribution in [3.8, 4) is 0 Å². The van der Waals surface area contributed by atoms with Gasteiger partial charge in [0.2, 0.25) is 0 Å². The zero-order valence-corrected chi connectivity index (χ0v) is 11.2. The van der Waals surface area contributed by atoms with Crippen LogP contribution < -0.4 is 5.32 Å². The highest BCUT2D eigenvalue weighted by atomic mass is 16.5. The summed E-state index contributed by atoms with van der Waals surface area (Å²) in [7, 11) is 0. The van der Waals surface area contributed by atoms with Crippen molar-refractivity contribution in [2.45, 2.75) is 25.8 Å². The Morgan fingerprint density at radius 3 is 2.45 bits per heavy atom. The maximum Gasteiger partial charge on any atom is 0.326 e. The van der Waals surface area contributed by atoms with E-state index >= 15 is 0 Å². The molecular weight excluding hydrogens is 262 g/mol. The van der Waals surface area contributed by atoms with E-state index in [9.17, 15) is 14.4 Å². The van der Waals surface area contributed by atoms with Crippen molar-refractivity contribution >= 4 is 17.8 Å². The number of amides is 1. The average molecular weight is 279 g/mol. The third kappa shape index (κ3) is 5.99. The number of rotatable bonds is 7. The molecule has 6 heteroatoms. The Bertz CT molecular complexity index is 472. The average Bonchev–Trinajstić information content (AvgIpc) is 2.42. The molecule has 20 heavy (non-hydrogen) atoms. The molecule has 0 fully saturated rings. The van der Waals surface area contributed by atoms with E-state index in [0.29, 0.717) is 6.42 Å². The molecule has 0 saturated heterocycles. The SMILES string of the molecule is CC(=O)OCC(=O)N[C@@H](CCc1ccccc1)C(=O)O. The number of carboxylic acid groups (broad SMARTS) is 1. The summed E-state index contributed by atoms with van der Waals surface area (Å²) in [5.41, 5.74) is 0.994. The predicted molar refractivity (Wildman–Crippen MR) is 71.0 cm³/mol. The lowest BCUT2D eigenvalue weighted by molar-refractivity contribution is -0.148. The van der Waals surface area contributed by atoms with Crippen molar-refractivity contribution in [1.29, 1.82) is 0 Å². The minimum atomic E-state index is -1.11. The van der Waals surface area contributed by atoms with E-state index in [2.05, 4.69) is 10.1 Å². The second kappa shape index (κ2) is 7.93. The summed E-state index contributed by atoms with van der Waals surface area (Å²) in [6, 6.07) is 8.38. The van der Waals surface area contributed by atoms with Crippen molar-refractivity contribution in [1.82, 2.24) is 5.32 Å². The molecule has 1 aromatic carbocycles. The largest absolute Gasteiger partial charge is 0.480 e. The van der Waals surface area contributed by atoms with E-state index < -0.39 is 30.5 Å². The zero-order valence-electron chi connectivity index (χ0n) is 11.2. The molecule has 2 N–H and O–H groups in total. The summed E-state index contributed by atoms with van der Waals surface area (Å²) in [6.45, 7) is 0.710. The Hall–Kier alpha value is -2.37. The van der Waals surface area contributed by atoms with Gasteiger partial charge in [-0.2, -0.15) is 0 Å². The van der Waals surface area contributed by atoms with Gasteiger partial charge in [0.15, 0.2) is 6.61 Å². The van der Waals surface area contributed by atoms with Crippen LogP contribution in [0.2, 0.25) is 0 Å². The summed E-state index contributed by atoms with van der Waals surface area (Å²) < 4.78 is 4.50. The zero-order chi connectivity index (χ0) is 15.0. The first-order valence-electron chi connectivity index (χ1n) is 6.18. The van der Waals surface area contributed by atoms with Gasteiger partial charge < -0.3 is 15.2 Å². The van der Waals surface area contributed by atoms with E-state index in [0.717, 1.165) is 5.56 Å². The van der Waals surface area contributed by atoms with Gasteiger partial charge >= 0.3 is 11.9 Å². The van der Waals surface area contributed by atoms with Gasteiger partial charge in [0.25, 0.3) is 5.91 Å². The van der Waals surface area contributed by atoms with Gasteiger partial charge in [0.05, 0.1) is 0 Å². The second-order valence-electron chi connectivity index (χ2n) is 4.26. The molecule has 1 rings (SSSR count). The van der Waals surface area contributed by atoms with Crippen LogP contribution >= 0.6 is 0 Å². The molecule has 108 valence electrons. The summed E-state index contributed by atoms with van der Waals surface area (Å²) in [5.74, 6) is -2.32. The van der Waals surface area contributed by atoms with Crippen molar-refractivity contribution in [3.05, 3.63) is 35.9 Å². The lowest BCUT2D eigenvalue weighted by Gasteiger charge is -2.14. The Balaban J connectivity index is 2.46. The first-order valence-corrected chi connectivity index (χ1v) is 6.18. The smallest absolute Gasteiger partial charge is 0.326 e. The molecule has 0 aliphatic heterocycles. The van der Waals surface area contributed by atoms with E-state index in [1.807, 2.05) is 30.3 Å². The molecular formula is C14H17NO5. The highest BCUT2D eigenvalue weighted by Crippen LogP contribution is 2.05. The standard InChI is InChI=1S/C14H17NO5/c1-10(16)20-9-13(17)15-12(14(18)19)8-7-11-5-3-2-4-6-11/h2-6,12H,7-9H2,1H3,(H,15,17)(H,18,19)/t12-/m0/s1. The fourth-order valence-corrected chi connectivity index (χ4v) is 1.62. The van der Waals surface area contributed by atoms with Crippen LogP contribution in [0.4, 0.5) is 0 Å². The normalized spacial score (nSPS) is 11.4. The number of nitrogens with one attached hydrogen (secondary N) is 1. The molecule has 0 aromatic heterocycles. The number of hydrogen-bond donors (Lipinski definition) is 2. The maximum absolute atomic E-state index is 11.4. The highest BCUT2D eigenvalue weighted by molar-refractivity contribution is 5.85. The van der Waals surface area contributed by atoms with Crippen molar-refractivity contribution < 1.29 is 24.2 Å². The molecule has 1 atom stereocenters. The summed E-state index contributed by atoms with van der Waals surface area (Å²) in [6.07, 6.45) is 0.802. The molecule has 1 aromatic rings. The molecule has 0 saturated carbocycles. The fourth-order valence-electron chi connectivity index (χ4n) is 1.62. The quantitative estimate of drug-likeness (QED) is 0.718. The fraction of sp³-hybridized carbons (Fsp3) is 0.357. The molecule has 0 heterocycles. The highest BCUT2D eigenvalue weighted by Gasteiger charge is 2.20. The van der Waals surface area contributed by atoms with E-state index in [-0.39, 0.29) is 6.42 Å². The summed E-state index contributed by atoms with van der Waals surface area (Å²) in [4.78, 5) is 33.1. The second-order valence-corrected chi connectivity index (χ2v) is 4.26. The number of ether oxygens (including phenoxy) is 1. The number of hydrogen-bond acceptors (Lipinski definition) is 4. The van der Waals surface area contributed by atoms with Gasteiger partial charge in [-0.05, 0) is 18.4 Å². The molecule has 0 radical (unpaired) electrons. The van der Waals surface area contributed by atoms with Gasteiger partial charge in [-0.3, -0.25) is 9.59 Å².